The fraction of sp³-hybridized carbons (Fsp3) is 0.433. The van der Waals surface area contributed by atoms with Gasteiger partial charge in [-0.15, -0.1) is 11.3 Å². The van der Waals surface area contributed by atoms with E-state index in [9.17, 15) is 9.59 Å². The first-order valence-corrected chi connectivity index (χ1v) is 14.4. The molecule has 0 atom stereocenters. The molecule has 7 nitrogen and oxygen atoms in total. The van der Waals surface area contributed by atoms with Crippen LogP contribution in [0.4, 0.5) is 10.5 Å². The smallest absolute Gasteiger partial charge is 0.322 e. The Bertz CT molecular complexity index is 1180. The molecule has 4 rings (SSSR count). The molecule has 3 aromatic rings. The number of benzene rings is 2. The van der Waals surface area contributed by atoms with E-state index in [0.29, 0.717) is 18.2 Å². The van der Waals surface area contributed by atoms with Crippen LogP contribution >= 0.6 is 11.3 Å². The number of urea groups is 1. The van der Waals surface area contributed by atoms with Crippen molar-refractivity contribution in [2.24, 2.45) is 0 Å². The summed E-state index contributed by atoms with van der Waals surface area (Å²) in [5, 5.41) is 8.69. The van der Waals surface area contributed by atoms with Crippen LogP contribution in [0.3, 0.4) is 0 Å². The van der Waals surface area contributed by atoms with Crippen molar-refractivity contribution in [1.82, 2.24) is 20.1 Å². The van der Waals surface area contributed by atoms with E-state index in [1.807, 2.05) is 44.2 Å². The first-order chi connectivity index (χ1) is 18.3. The molecule has 0 unspecified atom stereocenters. The summed E-state index contributed by atoms with van der Waals surface area (Å²) in [4.78, 5) is 34.7. The predicted molar refractivity (Wildman–Crippen MR) is 155 cm³/mol. The maximum absolute atomic E-state index is 13.0. The highest BCUT2D eigenvalue weighted by molar-refractivity contribution is 7.09. The maximum Gasteiger partial charge on any atom is 0.322 e. The Morgan fingerprint density at radius 1 is 1.03 bits per heavy atom. The quantitative estimate of drug-likeness (QED) is 0.348. The zero-order valence-corrected chi connectivity index (χ0v) is 23.6. The van der Waals surface area contributed by atoms with E-state index in [2.05, 4.69) is 58.6 Å². The average Bonchev–Trinajstić information content (AvgIpc) is 3.38. The van der Waals surface area contributed by atoms with Gasteiger partial charge in [0, 0.05) is 42.8 Å². The molecule has 1 aliphatic heterocycles. The minimum Gasteiger partial charge on any atom is -0.348 e. The Morgan fingerprint density at radius 2 is 1.71 bits per heavy atom. The third-order valence-corrected chi connectivity index (χ3v) is 7.81. The van der Waals surface area contributed by atoms with Gasteiger partial charge in [-0.1, -0.05) is 56.3 Å². The summed E-state index contributed by atoms with van der Waals surface area (Å²) in [6.07, 6.45) is 1.85. The van der Waals surface area contributed by atoms with Crippen LogP contribution in [0.25, 0.3) is 0 Å². The van der Waals surface area contributed by atoms with Crippen molar-refractivity contribution >= 4 is 29.0 Å². The number of rotatable bonds is 9. The average molecular weight is 534 g/mol. The van der Waals surface area contributed by atoms with Crippen LogP contribution < -0.4 is 10.6 Å². The van der Waals surface area contributed by atoms with Crippen LogP contribution in [0.1, 0.15) is 73.1 Å². The predicted octanol–water partition coefficient (Wildman–Crippen LogP) is 6.10. The molecule has 1 aromatic heterocycles. The lowest BCUT2D eigenvalue weighted by molar-refractivity contribution is 0.0904. The molecule has 0 radical (unpaired) electrons. The number of anilines is 1. The van der Waals surface area contributed by atoms with Gasteiger partial charge in [0.05, 0.1) is 6.54 Å². The van der Waals surface area contributed by atoms with Gasteiger partial charge in [-0.3, -0.25) is 9.69 Å². The molecule has 0 spiro atoms. The molecule has 0 aliphatic carbocycles. The van der Waals surface area contributed by atoms with E-state index in [4.69, 9.17) is 0 Å². The van der Waals surface area contributed by atoms with Crippen molar-refractivity contribution in [3.05, 3.63) is 81.8 Å². The van der Waals surface area contributed by atoms with Crippen molar-refractivity contribution < 1.29 is 9.59 Å². The lowest BCUT2D eigenvalue weighted by atomic mass is 10.0. The fourth-order valence-corrected chi connectivity index (χ4v) is 5.38. The van der Waals surface area contributed by atoms with E-state index in [0.717, 1.165) is 43.2 Å². The minimum absolute atomic E-state index is 0.0211. The second kappa shape index (κ2) is 13.0. The first kappa shape index (κ1) is 27.8. The Labute approximate surface area is 230 Å². The van der Waals surface area contributed by atoms with Crippen LogP contribution in [-0.4, -0.2) is 51.9 Å². The summed E-state index contributed by atoms with van der Waals surface area (Å²) in [5.41, 5.74) is 3.73. The Morgan fingerprint density at radius 3 is 2.34 bits per heavy atom. The lowest BCUT2D eigenvalue weighted by Gasteiger charge is -2.32. The van der Waals surface area contributed by atoms with Crippen molar-refractivity contribution in [2.75, 3.05) is 18.4 Å². The summed E-state index contributed by atoms with van der Waals surface area (Å²) in [6.45, 7) is 11.5. The SMILES string of the molecule is CC(C)c1ccc(NC(=O)N(Cc2nc(C(=O)NC3CCN(Cc4ccccc4)CC3)cs2)C(C)C)cc1. The molecule has 3 amide bonds. The zero-order valence-electron chi connectivity index (χ0n) is 22.8. The van der Waals surface area contributed by atoms with Crippen LogP contribution in [-0.2, 0) is 13.1 Å². The van der Waals surface area contributed by atoms with E-state index >= 15 is 0 Å². The molecule has 2 aromatic carbocycles. The molecule has 1 aliphatic rings. The van der Waals surface area contributed by atoms with Gasteiger partial charge >= 0.3 is 6.03 Å². The number of piperidine rings is 1. The highest BCUT2D eigenvalue weighted by Crippen LogP contribution is 2.20. The highest BCUT2D eigenvalue weighted by Gasteiger charge is 2.24. The molecule has 1 saturated heterocycles. The second-order valence-electron chi connectivity index (χ2n) is 10.6. The largest absolute Gasteiger partial charge is 0.348 e. The molecule has 38 heavy (non-hydrogen) atoms. The van der Waals surface area contributed by atoms with Crippen molar-refractivity contribution in [3.8, 4) is 0 Å². The number of thiazole rings is 1. The molecule has 0 saturated carbocycles. The zero-order chi connectivity index (χ0) is 27.1. The van der Waals surface area contributed by atoms with Crippen molar-refractivity contribution in [1.29, 1.82) is 0 Å². The molecule has 2 heterocycles. The molecule has 202 valence electrons. The van der Waals surface area contributed by atoms with Gasteiger partial charge in [-0.25, -0.2) is 9.78 Å². The topological polar surface area (TPSA) is 77.6 Å². The van der Waals surface area contributed by atoms with E-state index < -0.39 is 0 Å². The normalized spacial score (nSPS) is 14.6. The van der Waals surface area contributed by atoms with Crippen LogP contribution in [0.15, 0.2) is 60.0 Å². The summed E-state index contributed by atoms with van der Waals surface area (Å²) in [6, 6.07) is 18.4. The first-order valence-electron chi connectivity index (χ1n) is 13.5. The Kier molecular flexibility index (Phi) is 9.53. The highest BCUT2D eigenvalue weighted by atomic mass is 32.1. The third kappa shape index (κ3) is 7.65. The Hall–Kier alpha value is -3.23. The third-order valence-electron chi connectivity index (χ3n) is 6.97. The van der Waals surface area contributed by atoms with Crippen molar-refractivity contribution in [3.63, 3.8) is 0 Å². The summed E-state index contributed by atoms with van der Waals surface area (Å²) in [7, 11) is 0. The summed E-state index contributed by atoms with van der Waals surface area (Å²) in [5.74, 6) is 0.301. The number of hydrogen-bond acceptors (Lipinski definition) is 5. The Balaban J connectivity index is 1.27. The van der Waals surface area contributed by atoms with Crippen LogP contribution in [0.2, 0.25) is 0 Å². The molecule has 0 bridgehead atoms. The second-order valence-corrected chi connectivity index (χ2v) is 11.5. The van der Waals surface area contributed by atoms with Crippen LogP contribution in [0, 0.1) is 0 Å². The number of aromatic nitrogens is 1. The van der Waals surface area contributed by atoms with Crippen LogP contribution in [0.5, 0.6) is 0 Å². The van der Waals surface area contributed by atoms with Gasteiger partial charge in [0.25, 0.3) is 5.91 Å². The van der Waals surface area contributed by atoms with E-state index in [-0.39, 0.29) is 24.0 Å². The molecular formula is C30H39N5O2S. The van der Waals surface area contributed by atoms with Crippen molar-refractivity contribution in [2.45, 2.75) is 71.6 Å². The lowest BCUT2D eigenvalue weighted by Crippen LogP contribution is -2.44. The standard InChI is InChI=1S/C30H39N5O2S/c1-21(2)24-10-12-25(13-11-24)32-30(37)35(22(3)4)19-28-33-27(20-38-28)29(36)31-26-14-16-34(17-15-26)18-23-8-6-5-7-9-23/h5-13,20-22,26H,14-19H2,1-4H3,(H,31,36)(H,32,37). The maximum atomic E-state index is 13.0. The number of nitrogens with zero attached hydrogens (tertiary/aromatic N) is 3. The van der Waals surface area contributed by atoms with Gasteiger partial charge in [0.1, 0.15) is 10.7 Å². The molecular weight excluding hydrogens is 494 g/mol. The van der Waals surface area contributed by atoms with Gasteiger partial charge in [0.15, 0.2) is 0 Å². The number of likely N-dealkylation sites (tertiary alicyclic amines) is 1. The monoisotopic (exact) mass is 533 g/mol. The van der Waals surface area contributed by atoms with E-state index in [1.165, 1.54) is 22.5 Å². The number of carbonyl (C=O) groups is 2. The molecule has 8 heteroatoms. The summed E-state index contributed by atoms with van der Waals surface area (Å²) < 4.78 is 0. The van der Waals surface area contributed by atoms with Gasteiger partial charge in [-0.2, -0.15) is 0 Å². The number of hydrogen-bond donors (Lipinski definition) is 2. The number of carbonyl (C=O) groups excluding carboxylic acids is 2. The van der Waals surface area contributed by atoms with Gasteiger partial charge < -0.3 is 15.5 Å². The summed E-state index contributed by atoms with van der Waals surface area (Å²) >= 11 is 1.41. The minimum atomic E-state index is -0.180. The molecule has 2 N–H and O–H groups in total. The number of nitrogens with one attached hydrogen (secondary N) is 2. The van der Waals surface area contributed by atoms with Gasteiger partial charge in [-0.05, 0) is 55.9 Å². The fourth-order valence-electron chi connectivity index (χ4n) is 4.61. The van der Waals surface area contributed by atoms with E-state index in [1.54, 1.807) is 10.3 Å². The molecule has 1 fully saturated rings. The number of amides is 3. The van der Waals surface area contributed by atoms with Gasteiger partial charge in [0.2, 0.25) is 0 Å².